The van der Waals surface area contributed by atoms with Gasteiger partial charge in [-0.05, 0) is 154 Å². The lowest BCUT2D eigenvalue weighted by atomic mass is 9.82. The summed E-state index contributed by atoms with van der Waals surface area (Å²) in [5.74, 6) is 0. The number of hydrogen-bond donors (Lipinski definition) is 0. The number of hydrogen-bond acceptors (Lipinski definition) is 0. The van der Waals surface area contributed by atoms with E-state index in [9.17, 15) is 0 Å². The van der Waals surface area contributed by atoms with Gasteiger partial charge in [-0.15, -0.1) is 0 Å². The minimum Gasteiger partial charge on any atom is -0.173 e. The van der Waals surface area contributed by atoms with Crippen LogP contribution in [0.3, 0.4) is 0 Å². The van der Waals surface area contributed by atoms with Crippen LogP contribution in [0.1, 0.15) is 0 Å². The molecule has 0 heterocycles. The highest BCUT2D eigenvalue weighted by molar-refractivity contribution is 7.87. The van der Waals surface area contributed by atoms with Crippen molar-refractivity contribution in [3.8, 4) is 89.0 Å². The van der Waals surface area contributed by atoms with Crippen molar-refractivity contribution in [3.05, 3.63) is 218 Å². The minimum atomic E-state index is -1.26. The van der Waals surface area contributed by atoms with Crippen LogP contribution < -0.4 is 0 Å². The van der Waals surface area contributed by atoms with Gasteiger partial charge in [0.15, 0.2) is 6.72 Å². The van der Waals surface area contributed by atoms with E-state index in [1.807, 2.05) is 0 Å². The molecule has 309 valence electrons. The molecule has 0 saturated heterocycles. The fourth-order valence-electron chi connectivity index (χ4n) is 12.3. The molecule has 13 aromatic carbocycles. The monoisotopic (exact) mass is 884 g/mol. The molecule has 1 radical (unpaired) electrons. The van der Waals surface area contributed by atoms with Crippen molar-refractivity contribution in [1.82, 2.24) is 0 Å². The maximum absolute atomic E-state index is 6.48. The lowest BCUT2D eigenvalue weighted by Gasteiger charge is -2.20. The zero-order valence-corrected chi connectivity index (χ0v) is 38.4. The van der Waals surface area contributed by atoms with Crippen LogP contribution in [0.2, 0.25) is 0 Å². The van der Waals surface area contributed by atoms with E-state index in [1.54, 1.807) is 0 Å². The molecule has 13 aromatic rings. The molecule has 2 aliphatic carbocycles. The van der Waals surface area contributed by atoms with Gasteiger partial charge >= 0.3 is 0 Å². The molecule has 67 heavy (non-hydrogen) atoms. The molecule has 0 saturated carbocycles. The fourth-order valence-corrected chi connectivity index (χ4v) is 12.3. The second-order valence-electron chi connectivity index (χ2n) is 17.8. The Bertz CT molecular complexity index is 3700. The van der Waals surface area contributed by atoms with Gasteiger partial charge in [0, 0.05) is 2.56 Å². The minimum absolute atomic E-state index is 1.25. The smallest absolute Gasteiger partial charge is 0.165 e. The Labute approximate surface area is 397 Å². The van der Waals surface area contributed by atoms with Gasteiger partial charge in [-0.3, -0.25) is 0 Å². The Hall–Kier alpha value is -7.40. The number of fused-ring (bicyclic) bond motifs is 10. The average Bonchev–Trinajstić information content (AvgIpc) is 3.93. The van der Waals surface area contributed by atoms with Crippen LogP contribution in [-0.2, 0) is 0 Å². The first-order chi connectivity index (χ1) is 34.1. The second kappa shape index (κ2) is 15.1. The standard InChI is InChI=1S/C64H36.BH4P2/c1-5-17-37(18-6-1)53-41-25-13-14-26-42(41)54(38-19-7-2-8-20-38)62-50-34-30-46-48-32-36-52-60-51(35-31-47(58(48)60)45-29-33-49(61(53)62)59(50)57(45)46)63-55(39-21-9-3-10-22-39)43-27-15-16-28-44(43)56(64(52)63)40-23-11-4-12-24-40;2-1-3/h1-36H;2-3H2/i;2TD. The largest absolute Gasteiger partial charge is 0.173 e. The number of rotatable bonds is 5. The van der Waals surface area contributed by atoms with Crippen molar-refractivity contribution < 1.29 is 0 Å². The quantitative estimate of drug-likeness (QED) is 0.0699. The zero-order valence-electron chi connectivity index (χ0n) is 38.4. The van der Waals surface area contributed by atoms with Crippen LogP contribution in [0, 0.1) is 0 Å². The molecule has 0 amide bonds. The first-order valence-electron chi connectivity index (χ1n) is 23.9. The SMILES string of the molecule is [2H]P([3H])[B]P.c1ccc(-c2c3c(c(-c4ccccc4)c4ccccc24)-c2ccc4c5ccc6c7c(ccc(c8ccc-3c2c84)c75)-c2c-6c(-c3ccccc3)c3ccccc3c2-c2ccccc2)cc1. The molecule has 2 unspecified atom stereocenters. The van der Waals surface area contributed by atoms with Gasteiger partial charge in [0.2, 0.25) is 0 Å². The van der Waals surface area contributed by atoms with Crippen molar-refractivity contribution >= 4 is 89.5 Å². The van der Waals surface area contributed by atoms with Crippen molar-refractivity contribution in [3.63, 3.8) is 0 Å². The summed E-state index contributed by atoms with van der Waals surface area (Å²) in [5.41, 5.74) is 20.9. The molecule has 0 aromatic heterocycles. The molecule has 0 bridgehead atoms. The Morgan fingerprint density at radius 2 is 0.493 bits per heavy atom. The predicted octanol–water partition coefficient (Wildman–Crippen LogP) is 18.3. The molecular weight excluding hydrogens is 841 g/mol. The van der Waals surface area contributed by atoms with Gasteiger partial charge in [-0.25, -0.2) is 0 Å². The van der Waals surface area contributed by atoms with E-state index in [1.165, 1.54) is 160 Å². The molecule has 0 N–H and O–H groups in total. The normalized spacial score (nSPS) is 12.9. The molecule has 15 rings (SSSR count). The summed E-state index contributed by atoms with van der Waals surface area (Å²) in [6.45, 7) is 1.48. The molecule has 2 atom stereocenters. The van der Waals surface area contributed by atoms with Gasteiger partial charge in [-0.2, -0.15) is 18.1 Å². The van der Waals surface area contributed by atoms with Crippen LogP contribution in [0.5, 0.6) is 0 Å². The summed E-state index contributed by atoms with van der Waals surface area (Å²) in [5, 5.41) is 15.9. The summed E-state index contributed by atoms with van der Waals surface area (Å²) in [4.78, 5) is 0. The Morgan fingerprint density at radius 3 is 0.716 bits per heavy atom. The lowest BCUT2D eigenvalue weighted by molar-refractivity contribution is 1.62. The lowest BCUT2D eigenvalue weighted by Crippen LogP contribution is -1.93. The van der Waals surface area contributed by atoms with E-state index in [2.05, 4.69) is 228 Å². The molecule has 0 nitrogen and oxygen atoms in total. The summed E-state index contributed by atoms with van der Waals surface area (Å²) in [7, 11) is 0.963. The molecule has 3 heteroatoms. The highest BCUT2D eigenvalue weighted by atomic mass is 31.1. The third-order valence-electron chi connectivity index (χ3n) is 14.7. The van der Waals surface area contributed by atoms with E-state index in [4.69, 9.17) is 2.56 Å². The molecule has 0 aliphatic heterocycles. The van der Waals surface area contributed by atoms with Crippen LogP contribution in [-0.4, -0.2) is 9.28 Å². The maximum Gasteiger partial charge on any atom is 0.165 e. The predicted molar refractivity (Wildman–Crippen MR) is 298 cm³/mol. The van der Waals surface area contributed by atoms with Crippen LogP contribution in [0.15, 0.2) is 218 Å². The summed E-state index contributed by atoms with van der Waals surface area (Å²) in [6.07, 6.45) is 0. The van der Waals surface area contributed by atoms with Crippen molar-refractivity contribution in [2.45, 2.75) is 0 Å². The summed E-state index contributed by atoms with van der Waals surface area (Å²) >= 11 is 0. The van der Waals surface area contributed by atoms with Gasteiger partial charge in [0.25, 0.3) is 0 Å². The van der Waals surface area contributed by atoms with Crippen LogP contribution in [0.25, 0.3) is 154 Å². The Balaban J connectivity index is 0.000000856. The summed E-state index contributed by atoms with van der Waals surface area (Å²) in [6, 6.07) is 81.9. The first-order valence-corrected chi connectivity index (χ1v) is 24.2. The van der Waals surface area contributed by atoms with E-state index in [0.29, 0.717) is 0 Å². The third-order valence-corrected chi connectivity index (χ3v) is 14.7. The van der Waals surface area contributed by atoms with Gasteiger partial charge < -0.3 is 0 Å². The number of benzene rings is 13. The molecular formula is C64H40BP2. The molecule has 0 fully saturated rings. The van der Waals surface area contributed by atoms with E-state index >= 15 is 0 Å². The zero-order chi connectivity index (χ0) is 45.9. The topological polar surface area (TPSA) is 0 Å². The Morgan fingerprint density at radius 1 is 0.269 bits per heavy atom. The second-order valence-corrected chi connectivity index (χ2v) is 19.0. The summed E-state index contributed by atoms with van der Waals surface area (Å²) < 4.78 is 13.0. The van der Waals surface area contributed by atoms with Crippen molar-refractivity contribution in [2.24, 2.45) is 0 Å². The highest BCUT2D eigenvalue weighted by Crippen LogP contribution is 2.62. The van der Waals surface area contributed by atoms with Crippen LogP contribution >= 0.6 is 18.1 Å². The van der Waals surface area contributed by atoms with E-state index < -0.39 is 9.01 Å². The van der Waals surface area contributed by atoms with Gasteiger partial charge in [0.1, 0.15) is 0 Å². The first kappa shape index (κ1) is 36.8. The van der Waals surface area contributed by atoms with E-state index in [0.717, 1.165) is 0 Å². The molecule has 2 aliphatic rings. The fraction of sp³-hybridized carbons (Fsp3) is 0. The third kappa shape index (κ3) is 5.39. The molecule has 0 spiro atoms. The van der Waals surface area contributed by atoms with Crippen molar-refractivity contribution in [1.29, 1.82) is 2.56 Å². The maximum atomic E-state index is 6.48. The highest BCUT2D eigenvalue weighted by Gasteiger charge is 2.35. The van der Waals surface area contributed by atoms with Gasteiger partial charge in [-0.1, -0.05) is 218 Å². The van der Waals surface area contributed by atoms with E-state index in [-0.39, 0.29) is 0 Å². The average molecular weight is 885 g/mol. The van der Waals surface area contributed by atoms with Gasteiger partial charge in [0.05, 0.1) is 0 Å². The Kier molecular flexibility index (Phi) is 8.27. The van der Waals surface area contributed by atoms with Crippen molar-refractivity contribution in [2.75, 3.05) is 0 Å². The van der Waals surface area contributed by atoms with Crippen LogP contribution in [0.4, 0.5) is 0 Å².